The first kappa shape index (κ1) is 23.4. The van der Waals surface area contributed by atoms with Crippen LogP contribution in [0.25, 0.3) is 16.6 Å². The second kappa shape index (κ2) is 8.61. The summed E-state index contributed by atoms with van der Waals surface area (Å²) >= 11 is 0. The Morgan fingerprint density at radius 3 is 2.32 bits per heavy atom. The van der Waals surface area contributed by atoms with Crippen LogP contribution in [-0.4, -0.2) is 19.4 Å². The van der Waals surface area contributed by atoms with Gasteiger partial charge in [-0.25, -0.2) is 0 Å². The molecule has 9 rings (SSSR count). The predicted octanol–water partition coefficient (Wildman–Crippen LogP) is 4.54. The van der Waals surface area contributed by atoms with Gasteiger partial charge in [0.2, 0.25) is 0 Å². The van der Waals surface area contributed by atoms with Crippen molar-refractivity contribution >= 4 is 57.6 Å². The lowest BCUT2D eigenvalue weighted by molar-refractivity contribution is 0.484. The molecule has 41 heavy (non-hydrogen) atoms. The predicted molar refractivity (Wildman–Crippen MR) is 174 cm³/mol. The van der Waals surface area contributed by atoms with Crippen LogP contribution in [0.2, 0.25) is 6.55 Å². The molecule has 2 nitrogen and oxygen atoms in total. The van der Waals surface area contributed by atoms with Crippen LogP contribution >= 0.6 is 0 Å². The topological polar surface area (TPSA) is 14.2 Å². The summed E-state index contributed by atoms with van der Waals surface area (Å²) in [5, 5.41) is 5.84. The molecule has 1 atom stereocenters. The van der Waals surface area contributed by atoms with Crippen LogP contribution in [0.15, 0.2) is 115 Å². The van der Waals surface area contributed by atoms with Gasteiger partial charge in [0.1, 0.15) is 19.6 Å². The lowest BCUT2D eigenvalue weighted by Crippen LogP contribution is -2.81. The molecule has 2 aliphatic heterocycles. The van der Waals surface area contributed by atoms with Crippen molar-refractivity contribution in [3.8, 4) is 17.2 Å². The summed E-state index contributed by atoms with van der Waals surface area (Å²) in [4.78, 5) is 0. The molecule has 6 aromatic rings. The zero-order chi connectivity index (χ0) is 27.1. The van der Waals surface area contributed by atoms with Crippen LogP contribution in [-0.2, 0) is 12.8 Å². The molecule has 0 spiro atoms. The minimum Gasteiger partial charge on any atom is -0.456 e. The maximum absolute atomic E-state index is 7.06. The fraction of sp³-hybridized carbons (Fsp3) is 0.135. The summed E-state index contributed by atoms with van der Waals surface area (Å²) in [6.07, 6.45) is 4.77. The molecule has 4 heteroatoms. The minimum absolute atomic E-state index is 0.156. The van der Waals surface area contributed by atoms with E-state index in [-0.39, 0.29) is 6.71 Å². The van der Waals surface area contributed by atoms with Crippen molar-refractivity contribution in [1.29, 1.82) is 0 Å². The Morgan fingerprint density at radius 1 is 0.683 bits per heavy atom. The average Bonchev–Trinajstić information content (AvgIpc) is 3.37. The van der Waals surface area contributed by atoms with Crippen LogP contribution in [0.3, 0.4) is 0 Å². The molecule has 1 aliphatic carbocycles. The largest absolute Gasteiger partial charge is 0.456 e. The number of ether oxygens (including phenoxy) is 1. The van der Waals surface area contributed by atoms with Crippen LogP contribution in [0.1, 0.15) is 24.1 Å². The first-order valence-corrected chi connectivity index (χ1v) is 17.5. The summed E-state index contributed by atoms with van der Waals surface area (Å²) in [5.74, 6) is 2.03. The lowest BCUT2D eigenvalue weighted by atomic mass is 9.35. The van der Waals surface area contributed by atoms with Crippen molar-refractivity contribution < 1.29 is 4.74 Å². The van der Waals surface area contributed by atoms with Gasteiger partial charge in [0.25, 0.3) is 6.71 Å². The van der Waals surface area contributed by atoms with Crippen molar-refractivity contribution in [2.45, 2.75) is 32.2 Å². The van der Waals surface area contributed by atoms with Gasteiger partial charge in [0, 0.05) is 11.1 Å². The maximum atomic E-state index is 7.06. The molecule has 1 unspecified atom stereocenters. The number of aromatic nitrogens is 1. The molecule has 0 saturated heterocycles. The van der Waals surface area contributed by atoms with E-state index in [1.165, 1.54) is 72.6 Å². The number of hydrogen-bond acceptors (Lipinski definition) is 1. The van der Waals surface area contributed by atoms with Crippen LogP contribution in [0.4, 0.5) is 0 Å². The summed E-state index contributed by atoms with van der Waals surface area (Å²) in [5.41, 5.74) is 9.56. The van der Waals surface area contributed by atoms with Crippen molar-refractivity contribution in [2.24, 2.45) is 0 Å². The van der Waals surface area contributed by atoms with E-state index in [1.54, 1.807) is 0 Å². The van der Waals surface area contributed by atoms with Gasteiger partial charge in [-0.15, -0.1) is 0 Å². The Bertz CT molecular complexity index is 2010. The third kappa shape index (κ3) is 3.09. The minimum atomic E-state index is -2.31. The van der Waals surface area contributed by atoms with E-state index < -0.39 is 8.07 Å². The second-order valence-corrected chi connectivity index (χ2v) is 15.9. The molecule has 3 aliphatic rings. The molecule has 0 saturated carbocycles. The highest BCUT2D eigenvalue weighted by atomic mass is 28.3. The van der Waals surface area contributed by atoms with Gasteiger partial charge in [-0.3, -0.25) is 0 Å². The molecule has 0 amide bonds. The third-order valence-corrected chi connectivity index (χ3v) is 14.6. The zero-order valence-corrected chi connectivity index (χ0v) is 24.2. The monoisotopic (exact) mass is 543 g/mol. The zero-order valence-electron chi connectivity index (χ0n) is 23.2. The van der Waals surface area contributed by atoms with Gasteiger partial charge in [-0.05, 0) is 65.6 Å². The molecule has 1 aromatic heterocycles. The maximum Gasteiger partial charge on any atom is 0.250 e. The third-order valence-electron chi connectivity index (χ3n) is 10.0. The molecule has 5 aromatic carbocycles. The second-order valence-electron chi connectivity index (χ2n) is 12.0. The number of fused-ring (bicyclic) bond motifs is 7. The molecule has 196 valence electrons. The summed E-state index contributed by atoms with van der Waals surface area (Å²) in [6, 6.07) is 43.0. The number of hydrogen-bond donors (Lipinski definition) is 0. The Labute approximate surface area is 242 Å². The smallest absolute Gasteiger partial charge is 0.250 e. The van der Waals surface area contributed by atoms with Gasteiger partial charge >= 0.3 is 0 Å². The van der Waals surface area contributed by atoms with Gasteiger partial charge in [0.15, 0.2) is 0 Å². The molecule has 0 fully saturated rings. The Balaban J connectivity index is 1.41. The van der Waals surface area contributed by atoms with Crippen LogP contribution < -0.4 is 36.7 Å². The normalized spacial score (nSPS) is 18.2. The van der Waals surface area contributed by atoms with E-state index in [1.807, 2.05) is 0 Å². The molecule has 0 bridgehead atoms. The standard InChI is InChI=1S/C37H30BNOSi/c1-41(25-13-3-2-4-14-25)34-22-12-8-18-29(34)38-28-17-7-11-21-33(28)40-37-32(23-24-35(41)36(37)38)39-30-19-9-5-15-26(30)27-16-6-10-20-31(27)39/h2-5,7-9,11-15,17-19,21-24H,6,10,16,20H2,1H3. The van der Waals surface area contributed by atoms with Crippen molar-refractivity contribution in [1.82, 2.24) is 4.57 Å². The van der Waals surface area contributed by atoms with E-state index in [0.29, 0.717) is 0 Å². The lowest BCUT2D eigenvalue weighted by Gasteiger charge is -2.43. The highest BCUT2D eigenvalue weighted by molar-refractivity contribution is 7.20. The van der Waals surface area contributed by atoms with E-state index >= 15 is 0 Å². The van der Waals surface area contributed by atoms with Crippen molar-refractivity contribution in [3.63, 3.8) is 0 Å². The van der Waals surface area contributed by atoms with E-state index in [4.69, 9.17) is 4.74 Å². The van der Waals surface area contributed by atoms with Crippen molar-refractivity contribution in [2.75, 3.05) is 0 Å². The highest BCUT2D eigenvalue weighted by Gasteiger charge is 2.49. The fourth-order valence-electron chi connectivity index (χ4n) is 8.20. The molecule has 0 N–H and O–H groups in total. The number of nitrogens with zero attached hydrogens (tertiary/aromatic N) is 1. The number of benzene rings is 5. The first-order chi connectivity index (χ1) is 20.2. The quantitative estimate of drug-likeness (QED) is 0.292. The van der Waals surface area contributed by atoms with Crippen LogP contribution in [0.5, 0.6) is 11.5 Å². The molecular formula is C37H30BNOSi. The Kier molecular flexibility index (Phi) is 4.92. The van der Waals surface area contributed by atoms with Gasteiger partial charge < -0.3 is 9.30 Å². The molecule has 0 radical (unpaired) electrons. The average molecular weight is 544 g/mol. The first-order valence-electron chi connectivity index (χ1n) is 15.0. The summed E-state index contributed by atoms with van der Waals surface area (Å²) in [7, 11) is -2.31. The van der Waals surface area contributed by atoms with E-state index in [2.05, 4.69) is 126 Å². The van der Waals surface area contributed by atoms with E-state index in [9.17, 15) is 0 Å². The fourth-order valence-corrected chi connectivity index (χ4v) is 12.4. The number of para-hydroxylation sites is 2. The molecular weight excluding hydrogens is 513 g/mol. The van der Waals surface area contributed by atoms with Crippen molar-refractivity contribution in [3.05, 3.63) is 127 Å². The highest BCUT2D eigenvalue weighted by Crippen LogP contribution is 2.39. The number of rotatable bonds is 2. The summed E-state index contributed by atoms with van der Waals surface area (Å²) in [6.45, 7) is 2.70. The summed E-state index contributed by atoms with van der Waals surface area (Å²) < 4.78 is 9.61. The SMILES string of the molecule is C[Si]1(c2ccccc2)c2ccccc2B2c3ccccc3Oc3c(-n4c5c(c6ccccc64)CCCC5)ccc1c32. The Hall–Kier alpha value is -4.28. The van der Waals surface area contributed by atoms with Gasteiger partial charge in [-0.1, -0.05) is 119 Å². The molecule has 3 heterocycles. The van der Waals surface area contributed by atoms with Gasteiger partial charge in [0.05, 0.1) is 11.2 Å². The van der Waals surface area contributed by atoms with Crippen LogP contribution in [0, 0.1) is 0 Å². The van der Waals surface area contributed by atoms with E-state index in [0.717, 1.165) is 24.3 Å². The van der Waals surface area contributed by atoms with Gasteiger partial charge in [-0.2, -0.15) is 0 Å². The number of aryl methyl sites for hydroxylation is 1. The Morgan fingerprint density at radius 2 is 1.41 bits per heavy atom.